The van der Waals surface area contributed by atoms with Crippen LogP contribution in [0.2, 0.25) is 10.0 Å². The Morgan fingerprint density at radius 2 is 1.57 bits per heavy atom. The van der Waals surface area contributed by atoms with E-state index in [-0.39, 0.29) is 24.4 Å². The van der Waals surface area contributed by atoms with Gasteiger partial charge in [0.1, 0.15) is 12.6 Å². The van der Waals surface area contributed by atoms with Crippen LogP contribution in [0, 0.1) is 0 Å². The maximum Gasteiger partial charge on any atom is 0.244 e. The van der Waals surface area contributed by atoms with Crippen molar-refractivity contribution < 1.29 is 18.0 Å². The fraction of sp³-hybridized carbons (Fsp3) is 0.440. The summed E-state index contributed by atoms with van der Waals surface area (Å²) >= 11 is 12.3. The predicted octanol–water partition coefficient (Wildman–Crippen LogP) is 4.82. The number of carbonyl (C=O) groups is 2. The summed E-state index contributed by atoms with van der Waals surface area (Å²) in [7, 11) is -3.79. The molecule has 0 aliphatic carbocycles. The quantitative estimate of drug-likeness (QED) is 0.466. The van der Waals surface area contributed by atoms with Gasteiger partial charge in [0.2, 0.25) is 21.8 Å². The standard InChI is InChI=1S/C25H33Cl2N3O4S/c1-16(2)19-8-11-22(12-9-19)30(35(6,33)34)15-24(31)29(18(5)25(32)28-17(3)4)14-20-7-10-21(26)13-23(20)27/h7-13,16-18H,14-15H2,1-6H3,(H,28,32)/t18-/m1/s1. The predicted molar refractivity (Wildman–Crippen MR) is 142 cm³/mol. The largest absolute Gasteiger partial charge is 0.352 e. The van der Waals surface area contributed by atoms with Gasteiger partial charge in [0, 0.05) is 22.6 Å². The molecule has 2 aromatic rings. The molecule has 10 heteroatoms. The lowest BCUT2D eigenvalue weighted by atomic mass is 10.0. The van der Waals surface area contributed by atoms with E-state index in [1.807, 2.05) is 39.8 Å². The van der Waals surface area contributed by atoms with Crippen LogP contribution in [-0.2, 0) is 26.2 Å². The summed E-state index contributed by atoms with van der Waals surface area (Å²) in [6, 6.07) is 10.9. The zero-order chi connectivity index (χ0) is 26.5. The van der Waals surface area contributed by atoms with Gasteiger partial charge in [-0.3, -0.25) is 13.9 Å². The van der Waals surface area contributed by atoms with Gasteiger partial charge in [-0.15, -0.1) is 0 Å². The maximum atomic E-state index is 13.5. The number of hydrogen-bond acceptors (Lipinski definition) is 4. The second-order valence-electron chi connectivity index (χ2n) is 9.11. The second kappa shape index (κ2) is 12.1. The summed E-state index contributed by atoms with van der Waals surface area (Å²) < 4.78 is 26.3. The summed E-state index contributed by atoms with van der Waals surface area (Å²) in [6.07, 6.45) is 1.05. The van der Waals surface area contributed by atoms with E-state index in [9.17, 15) is 18.0 Å². The van der Waals surface area contributed by atoms with E-state index in [0.717, 1.165) is 16.1 Å². The summed E-state index contributed by atoms with van der Waals surface area (Å²) in [5.41, 5.74) is 2.00. The first-order valence-electron chi connectivity index (χ1n) is 11.3. The molecular formula is C25H33Cl2N3O4S. The minimum atomic E-state index is -3.79. The van der Waals surface area contributed by atoms with Crippen molar-refractivity contribution in [3.05, 3.63) is 63.6 Å². The first kappa shape index (κ1) is 28.9. The molecule has 0 radical (unpaired) electrons. The Morgan fingerprint density at radius 1 is 0.971 bits per heavy atom. The number of benzene rings is 2. The molecule has 0 heterocycles. The summed E-state index contributed by atoms with van der Waals surface area (Å²) in [5.74, 6) is -0.622. The van der Waals surface area contributed by atoms with Gasteiger partial charge in [-0.2, -0.15) is 0 Å². The number of hydrogen-bond donors (Lipinski definition) is 1. The van der Waals surface area contributed by atoms with E-state index in [1.54, 1.807) is 37.3 Å². The fourth-order valence-electron chi connectivity index (χ4n) is 3.46. The molecule has 2 aromatic carbocycles. The highest BCUT2D eigenvalue weighted by molar-refractivity contribution is 7.92. The smallest absolute Gasteiger partial charge is 0.244 e. The SMILES string of the molecule is CC(C)NC(=O)[C@@H](C)N(Cc1ccc(Cl)cc1Cl)C(=O)CN(c1ccc(C(C)C)cc1)S(C)(=O)=O. The van der Waals surface area contributed by atoms with Crippen molar-refractivity contribution in [1.82, 2.24) is 10.2 Å². The lowest BCUT2D eigenvalue weighted by Crippen LogP contribution is -2.52. The molecule has 1 N–H and O–H groups in total. The Morgan fingerprint density at radius 3 is 2.06 bits per heavy atom. The zero-order valence-electron chi connectivity index (χ0n) is 20.9. The minimum absolute atomic E-state index is 0.00536. The van der Waals surface area contributed by atoms with Crippen LogP contribution in [0.25, 0.3) is 0 Å². The highest BCUT2D eigenvalue weighted by Crippen LogP contribution is 2.25. The number of anilines is 1. The molecule has 0 aliphatic rings. The van der Waals surface area contributed by atoms with Gasteiger partial charge in [-0.05, 0) is 62.1 Å². The molecule has 1 atom stereocenters. The molecule has 2 rings (SSSR count). The van der Waals surface area contributed by atoms with Crippen LogP contribution in [0.1, 0.15) is 51.7 Å². The van der Waals surface area contributed by atoms with Gasteiger partial charge in [0.25, 0.3) is 0 Å². The number of nitrogens with one attached hydrogen (secondary N) is 1. The van der Waals surface area contributed by atoms with E-state index in [2.05, 4.69) is 5.32 Å². The summed E-state index contributed by atoms with van der Waals surface area (Å²) in [6.45, 7) is 8.85. The molecule has 35 heavy (non-hydrogen) atoms. The first-order valence-corrected chi connectivity index (χ1v) is 13.9. The molecule has 7 nitrogen and oxygen atoms in total. The Hall–Kier alpha value is -2.29. The number of carbonyl (C=O) groups excluding carboxylic acids is 2. The number of rotatable bonds is 10. The molecule has 0 fully saturated rings. The molecule has 0 spiro atoms. The second-order valence-corrected chi connectivity index (χ2v) is 11.9. The average molecular weight is 543 g/mol. The van der Waals surface area contributed by atoms with Crippen molar-refractivity contribution in [3.63, 3.8) is 0 Å². The normalized spacial score (nSPS) is 12.5. The first-order chi connectivity index (χ1) is 16.2. The Bertz CT molecular complexity index is 1150. The highest BCUT2D eigenvalue weighted by Gasteiger charge is 2.30. The molecule has 0 bridgehead atoms. The van der Waals surface area contributed by atoms with Gasteiger partial charge in [-0.1, -0.05) is 55.2 Å². The average Bonchev–Trinajstić information content (AvgIpc) is 2.75. The molecule has 2 amide bonds. The van der Waals surface area contributed by atoms with Gasteiger partial charge in [-0.25, -0.2) is 8.42 Å². The molecule has 192 valence electrons. The number of halogens is 2. The number of amides is 2. The van der Waals surface area contributed by atoms with Crippen molar-refractivity contribution in [2.45, 2.75) is 59.2 Å². The fourth-order valence-corrected chi connectivity index (χ4v) is 4.78. The van der Waals surface area contributed by atoms with Crippen LogP contribution in [-0.4, -0.2) is 50.0 Å². The third-order valence-corrected chi connectivity index (χ3v) is 7.21. The Balaban J connectivity index is 2.42. The third-order valence-electron chi connectivity index (χ3n) is 5.48. The van der Waals surface area contributed by atoms with Gasteiger partial charge >= 0.3 is 0 Å². The Labute approximate surface area is 218 Å². The molecular weight excluding hydrogens is 509 g/mol. The van der Waals surface area contributed by atoms with Gasteiger partial charge < -0.3 is 10.2 Å². The van der Waals surface area contributed by atoms with E-state index in [1.165, 1.54) is 4.90 Å². The lowest BCUT2D eigenvalue weighted by Gasteiger charge is -2.32. The molecule has 0 aliphatic heterocycles. The van der Waals surface area contributed by atoms with E-state index in [4.69, 9.17) is 23.2 Å². The lowest BCUT2D eigenvalue weighted by molar-refractivity contribution is -0.139. The van der Waals surface area contributed by atoms with Crippen molar-refractivity contribution in [3.8, 4) is 0 Å². The van der Waals surface area contributed by atoms with E-state index in [0.29, 0.717) is 21.3 Å². The zero-order valence-corrected chi connectivity index (χ0v) is 23.2. The van der Waals surface area contributed by atoms with Crippen LogP contribution in [0.4, 0.5) is 5.69 Å². The minimum Gasteiger partial charge on any atom is -0.352 e. The topological polar surface area (TPSA) is 86.8 Å². The van der Waals surface area contributed by atoms with Crippen LogP contribution in [0.5, 0.6) is 0 Å². The van der Waals surface area contributed by atoms with Gasteiger partial charge in [0.05, 0.1) is 11.9 Å². The van der Waals surface area contributed by atoms with Crippen molar-refractivity contribution in [1.29, 1.82) is 0 Å². The molecule has 0 saturated carbocycles. The number of nitrogens with zero attached hydrogens (tertiary/aromatic N) is 2. The Kier molecular flexibility index (Phi) is 10.0. The highest BCUT2D eigenvalue weighted by atomic mass is 35.5. The summed E-state index contributed by atoms with van der Waals surface area (Å²) in [5, 5.41) is 3.58. The van der Waals surface area contributed by atoms with Gasteiger partial charge in [0.15, 0.2) is 0 Å². The maximum absolute atomic E-state index is 13.5. The monoisotopic (exact) mass is 541 g/mol. The van der Waals surface area contributed by atoms with Crippen LogP contribution in [0.15, 0.2) is 42.5 Å². The number of sulfonamides is 1. The molecule has 0 saturated heterocycles. The van der Waals surface area contributed by atoms with Crippen molar-refractivity contribution in [2.75, 3.05) is 17.1 Å². The van der Waals surface area contributed by atoms with E-state index < -0.39 is 28.5 Å². The van der Waals surface area contributed by atoms with Crippen molar-refractivity contribution in [2.24, 2.45) is 0 Å². The van der Waals surface area contributed by atoms with Crippen LogP contribution in [0.3, 0.4) is 0 Å². The van der Waals surface area contributed by atoms with Crippen LogP contribution >= 0.6 is 23.2 Å². The molecule has 0 aromatic heterocycles. The third kappa shape index (κ3) is 8.12. The molecule has 0 unspecified atom stereocenters. The van der Waals surface area contributed by atoms with Crippen molar-refractivity contribution >= 4 is 50.7 Å². The van der Waals surface area contributed by atoms with Crippen LogP contribution < -0.4 is 9.62 Å². The summed E-state index contributed by atoms with van der Waals surface area (Å²) in [4.78, 5) is 27.7. The van der Waals surface area contributed by atoms with E-state index >= 15 is 0 Å².